The normalized spacial score (nSPS) is 10.0. The van der Waals surface area contributed by atoms with Crippen LogP contribution in [0.15, 0.2) is 78.9 Å². The van der Waals surface area contributed by atoms with Crippen molar-refractivity contribution in [2.75, 3.05) is 0 Å². The first-order valence-corrected chi connectivity index (χ1v) is 8.01. The maximum absolute atomic E-state index is 2.35. The van der Waals surface area contributed by atoms with Gasteiger partial charge in [-0.1, -0.05) is 81.4 Å². The van der Waals surface area contributed by atoms with Gasteiger partial charge in [-0.15, -0.1) is 5.56 Å². The Morgan fingerprint density at radius 2 is 1.12 bits per heavy atom. The molecule has 3 aromatic rings. The minimum atomic E-state index is -0.119. The fourth-order valence-corrected chi connectivity index (χ4v) is 3.41. The fraction of sp³-hybridized carbons (Fsp3) is 0.227. The molecular weight excluding hydrogens is 418 g/mol. The Balaban J connectivity index is 0. The van der Waals surface area contributed by atoms with Gasteiger partial charge in [0.25, 0.3) is 0 Å². The first kappa shape index (κ1) is 27.6. The molecule has 0 saturated heterocycles. The summed E-state index contributed by atoms with van der Waals surface area (Å²) in [5, 5.41) is 0. The number of rotatable bonds is 4. The molecule has 0 aromatic heterocycles. The summed E-state index contributed by atoms with van der Waals surface area (Å²) in [5.74, 6) is 0.525. The molecule has 0 aliphatic heterocycles. The monoisotopic (exact) mass is 440 g/mol. The Hall–Kier alpha value is -0.626. The molecule has 0 spiro atoms. The molecule has 0 amide bonds. The molecule has 0 heterocycles. The van der Waals surface area contributed by atoms with Crippen LogP contribution in [0.25, 0.3) is 0 Å². The molecule has 0 aliphatic carbocycles. The maximum atomic E-state index is 2.35. The van der Waals surface area contributed by atoms with Gasteiger partial charge in [-0.3, -0.25) is 0 Å². The van der Waals surface area contributed by atoms with Gasteiger partial charge in [-0.05, 0) is 22.5 Å². The minimum absolute atomic E-state index is 0. The van der Waals surface area contributed by atoms with E-state index in [0.717, 1.165) is 0 Å². The SMILES string of the molecule is CC(C)c1ccc[c-]1C(C)(c1ccccc1)c1ccccc1.[Cl-].[Cl-].[Cl-].[Ti+4]. The summed E-state index contributed by atoms with van der Waals surface area (Å²) in [7, 11) is 0. The summed E-state index contributed by atoms with van der Waals surface area (Å²) in [4.78, 5) is 0. The van der Waals surface area contributed by atoms with Crippen molar-refractivity contribution >= 4 is 0 Å². The predicted molar refractivity (Wildman–Crippen MR) is 94.6 cm³/mol. The number of hydrogen-bond donors (Lipinski definition) is 0. The van der Waals surface area contributed by atoms with Crippen LogP contribution in [-0.2, 0) is 27.1 Å². The molecule has 0 atom stereocenters. The number of hydrogen-bond acceptors (Lipinski definition) is 0. The van der Waals surface area contributed by atoms with Crippen molar-refractivity contribution in [3.05, 3.63) is 101 Å². The van der Waals surface area contributed by atoms with E-state index in [1.165, 1.54) is 22.3 Å². The molecule has 0 unspecified atom stereocenters. The van der Waals surface area contributed by atoms with E-state index in [2.05, 4.69) is 99.6 Å². The summed E-state index contributed by atoms with van der Waals surface area (Å²) >= 11 is 0. The second kappa shape index (κ2) is 12.0. The third-order valence-electron chi connectivity index (χ3n) is 4.71. The van der Waals surface area contributed by atoms with Gasteiger partial charge in [-0.2, -0.15) is 11.6 Å². The second-order valence-corrected chi connectivity index (χ2v) is 6.41. The smallest absolute Gasteiger partial charge is 1.00 e. The molecule has 0 N–H and O–H groups in total. The van der Waals surface area contributed by atoms with Crippen LogP contribution >= 0.6 is 0 Å². The fourth-order valence-electron chi connectivity index (χ4n) is 3.41. The van der Waals surface area contributed by atoms with E-state index in [9.17, 15) is 0 Å². The Morgan fingerprint density at radius 1 is 0.692 bits per heavy atom. The van der Waals surface area contributed by atoms with E-state index < -0.39 is 0 Å². The Labute approximate surface area is 191 Å². The van der Waals surface area contributed by atoms with Gasteiger partial charge in [0.1, 0.15) is 0 Å². The Kier molecular flexibility index (Phi) is 12.7. The molecule has 0 fully saturated rings. The molecule has 0 nitrogen and oxygen atoms in total. The molecule has 3 rings (SSSR count). The quantitative estimate of drug-likeness (QED) is 0.297. The average molecular weight is 442 g/mol. The van der Waals surface area contributed by atoms with Gasteiger partial charge in [0.05, 0.1) is 0 Å². The van der Waals surface area contributed by atoms with Crippen molar-refractivity contribution in [1.82, 2.24) is 0 Å². The molecule has 0 saturated carbocycles. The van der Waals surface area contributed by atoms with Gasteiger partial charge in [0.15, 0.2) is 0 Å². The van der Waals surface area contributed by atoms with Crippen molar-refractivity contribution in [3.63, 3.8) is 0 Å². The third-order valence-corrected chi connectivity index (χ3v) is 4.71. The summed E-state index contributed by atoms with van der Waals surface area (Å²) in [6.45, 7) is 6.89. The van der Waals surface area contributed by atoms with Crippen LogP contribution in [0.3, 0.4) is 0 Å². The van der Waals surface area contributed by atoms with Gasteiger partial charge in [-0.25, -0.2) is 12.1 Å². The number of benzene rings is 2. The molecular formula is C22H23Cl3Ti. The van der Waals surface area contributed by atoms with Crippen molar-refractivity contribution in [1.29, 1.82) is 0 Å². The Bertz CT molecular complexity index is 697. The van der Waals surface area contributed by atoms with Crippen LogP contribution in [-0.4, -0.2) is 0 Å². The topological polar surface area (TPSA) is 0 Å². The summed E-state index contributed by atoms with van der Waals surface area (Å²) < 4.78 is 0. The zero-order valence-corrected chi connectivity index (χ0v) is 19.0. The second-order valence-electron chi connectivity index (χ2n) is 6.41. The zero-order valence-electron chi connectivity index (χ0n) is 15.2. The molecule has 26 heavy (non-hydrogen) atoms. The summed E-state index contributed by atoms with van der Waals surface area (Å²) in [5.41, 5.74) is 5.42. The predicted octanol–water partition coefficient (Wildman–Crippen LogP) is -3.11. The van der Waals surface area contributed by atoms with Crippen molar-refractivity contribution in [2.24, 2.45) is 0 Å². The summed E-state index contributed by atoms with van der Waals surface area (Å²) in [6.07, 6.45) is 0. The molecule has 0 bridgehead atoms. The maximum Gasteiger partial charge on any atom is 4.00 e. The summed E-state index contributed by atoms with van der Waals surface area (Å²) in [6, 6.07) is 28.4. The molecule has 0 aliphatic rings. The van der Waals surface area contributed by atoms with Crippen molar-refractivity contribution in [2.45, 2.75) is 32.1 Å². The molecule has 0 radical (unpaired) electrons. The van der Waals surface area contributed by atoms with Crippen LogP contribution in [0.5, 0.6) is 0 Å². The first-order chi connectivity index (χ1) is 10.6. The molecule has 136 valence electrons. The van der Waals surface area contributed by atoms with Gasteiger partial charge >= 0.3 is 21.7 Å². The molecule has 3 aromatic carbocycles. The largest absolute Gasteiger partial charge is 4.00 e. The first-order valence-electron chi connectivity index (χ1n) is 8.01. The van der Waals surface area contributed by atoms with E-state index in [1.807, 2.05) is 0 Å². The van der Waals surface area contributed by atoms with Crippen LogP contribution in [0.2, 0.25) is 0 Å². The van der Waals surface area contributed by atoms with E-state index in [4.69, 9.17) is 0 Å². The van der Waals surface area contributed by atoms with Crippen molar-refractivity contribution < 1.29 is 58.9 Å². The van der Waals surface area contributed by atoms with Crippen LogP contribution in [0, 0.1) is 0 Å². The van der Waals surface area contributed by atoms with E-state index in [0.29, 0.717) is 5.92 Å². The van der Waals surface area contributed by atoms with Crippen molar-refractivity contribution in [3.8, 4) is 0 Å². The number of halogens is 3. The standard InChI is InChI=1S/C22H23.3ClH.Ti/c1-17(2)20-15-10-16-21(20)22(3,18-11-6-4-7-12-18)19-13-8-5-9-14-19;;;;/h4-17H,1-3H3;3*1H;/q-1;;;;+4/p-3. The third kappa shape index (κ3) is 5.21. The van der Waals surface area contributed by atoms with Crippen LogP contribution < -0.4 is 37.2 Å². The van der Waals surface area contributed by atoms with Crippen LogP contribution in [0.1, 0.15) is 48.9 Å². The van der Waals surface area contributed by atoms with Gasteiger partial charge < -0.3 is 37.2 Å². The van der Waals surface area contributed by atoms with Gasteiger partial charge in [0, 0.05) is 0 Å². The minimum Gasteiger partial charge on any atom is -1.00 e. The van der Waals surface area contributed by atoms with E-state index in [1.54, 1.807) is 0 Å². The Morgan fingerprint density at radius 3 is 1.50 bits per heavy atom. The average Bonchev–Trinajstić information content (AvgIpc) is 3.06. The van der Waals surface area contributed by atoms with E-state index >= 15 is 0 Å². The van der Waals surface area contributed by atoms with E-state index in [-0.39, 0.29) is 64.4 Å². The van der Waals surface area contributed by atoms with Gasteiger partial charge in [0.2, 0.25) is 0 Å². The van der Waals surface area contributed by atoms with Crippen LogP contribution in [0.4, 0.5) is 0 Å². The zero-order chi connectivity index (χ0) is 15.6. The molecule has 4 heteroatoms.